The molecule has 1 aliphatic rings. The van der Waals surface area contributed by atoms with Crippen molar-refractivity contribution in [2.24, 2.45) is 0 Å². The lowest BCUT2D eigenvalue weighted by atomic mass is 10.1. The van der Waals surface area contributed by atoms with Crippen LogP contribution in [0.25, 0.3) is 0 Å². The van der Waals surface area contributed by atoms with E-state index in [0.29, 0.717) is 6.04 Å². The number of nitrogens with one attached hydrogen (secondary N) is 1. The molecule has 0 bridgehead atoms. The highest BCUT2D eigenvalue weighted by Crippen LogP contribution is 2.33. The lowest BCUT2D eigenvalue weighted by Crippen LogP contribution is -2.29. The number of anilines is 1. The molecule has 3 rings (SSSR count). The summed E-state index contributed by atoms with van der Waals surface area (Å²) in [6, 6.07) is 9.34. The van der Waals surface area contributed by atoms with E-state index in [9.17, 15) is 0 Å². The maximum absolute atomic E-state index is 3.74. The summed E-state index contributed by atoms with van der Waals surface area (Å²) in [5.74, 6) is 0. The summed E-state index contributed by atoms with van der Waals surface area (Å²) in [6.07, 6.45) is 1.16. The highest BCUT2D eigenvalue weighted by Gasteiger charge is 2.19. The van der Waals surface area contributed by atoms with Crippen molar-refractivity contribution >= 4 is 33.0 Å². The van der Waals surface area contributed by atoms with Crippen LogP contribution in [-0.4, -0.2) is 13.6 Å². The first-order chi connectivity index (χ1) is 9.69. The second kappa shape index (κ2) is 5.88. The van der Waals surface area contributed by atoms with Gasteiger partial charge in [-0.15, -0.1) is 11.3 Å². The molecule has 1 atom stereocenters. The summed E-state index contributed by atoms with van der Waals surface area (Å²) in [5.41, 5.74) is 4.10. The number of hydrogen-bond donors (Lipinski definition) is 1. The largest absolute Gasteiger partial charge is 0.366 e. The van der Waals surface area contributed by atoms with Crippen LogP contribution in [0.5, 0.6) is 0 Å². The molecule has 1 unspecified atom stereocenters. The van der Waals surface area contributed by atoms with Gasteiger partial charge in [-0.25, -0.2) is 0 Å². The van der Waals surface area contributed by atoms with E-state index in [0.717, 1.165) is 19.5 Å². The first kappa shape index (κ1) is 14.1. The number of nitrogens with zero attached hydrogens (tertiary/aromatic N) is 1. The zero-order chi connectivity index (χ0) is 14.1. The van der Waals surface area contributed by atoms with Gasteiger partial charge in [-0.05, 0) is 71.0 Å². The Bertz CT molecular complexity index is 608. The second-order valence-corrected chi connectivity index (χ2v) is 7.12. The zero-order valence-electron chi connectivity index (χ0n) is 11.8. The van der Waals surface area contributed by atoms with E-state index in [-0.39, 0.29) is 0 Å². The second-order valence-electron chi connectivity index (χ2n) is 5.26. The third-order valence-electron chi connectivity index (χ3n) is 4.05. The first-order valence-corrected chi connectivity index (χ1v) is 8.63. The summed E-state index contributed by atoms with van der Waals surface area (Å²) >= 11 is 5.63. The number of hydrogen-bond acceptors (Lipinski definition) is 3. The minimum Gasteiger partial charge on any atom is -0.366 e. The molecule has 0 spiro atoms. The quantitative estimate of drug-likeness (QED) is 0.884. The molecule has 1 N–H and O–H groups in total. The summed E-state index contributed by atoms with van der Waals surface area (Å²) in [7, 11) is 2.00. The van der Waals surface area contributed by atoms with Crippen LogP contribution in [0.15, 0.2) is 34.1 Å². The summed E-state index contributed by atoms with van der Waals surface area (Å²) < 4.78 is 1.19. The summed E-state index contributed by atoms with van der Waals surface area (Å²) in [6.45, 7) is 4.31. The van der Waals surface area contributed by atoms with E-state index in [1.54, 1.807) is 4.88 Å². The van der Waals surface area contributed by atoms with Gasteiger partial charge in [0.1, 0.15) is 0 Å². The van der Waals surface area contributed by atoms with Crippen LogP contribution >= 0.6 is 27.3 Å². The molecule has 0 aliphatic carbocycles. The van der Waals surface area contributed by atoms with Crippen molar-refractivity contribution in [3.63, 3.8) is 0 Å². The Balaban J connectivity index is 1.85. The molecule has 1 aliphatic heterocycles. The van der Waals surface area contributed by atoms with Crippen LogP contribution in [0.3, 0.4) is 0 Å². The minimum atomic E-state index is 0.380. The van der Waals surface area contributed by atoms with Crippen molar-refractivity contribution in [3.8, 4) is 0 Å². The molecule has 4 heteroatoms. The Kier molecular flexibility index (Phi) is 4.15. The van der Waals surface area contributed by atoms with Crippen LogP contribution in [0, 0.1) is 0 Å². The SMILES string of the molecule is CNC(C)c1ccc(N2CCc3sccc3C2)c(Br)c1. The topological polar surface area (TPSA) is 15.3 Å². The predicted molar refractivity (Wildman–Crippen MR) is 90.7 cm³/mol. The molecule has 2 heterocycles. The normalized spacial score (nSPS) is 16.1. The highest BCUT2D eigenvalue weighted by molar-refractivity contribution is 9.10. The van der Waals surface area contributed by atoms with Crippen LogP contribution in [-0.2, 0) is 13.0 Å². The van der Waals surface area contributed by atoms with E-state index in [1.165, 1.54) is 21.3 Å². The molecule has 106 valence electrons. The third-order valence-corrected chi connectivity index (χ3v) is 5.71. The van der Waals surface area contributed by atoms with Crippen molar-refractivity contribution in [1.82, 2.24) is 5.32 Å². The van der Waals surface area contributed by atoms with E-state index in [1.807, 2.05) is 18.4 Å². The number of benzene rings is 1. The maximum Gasteiger partial charge on any atom is 0.0514 e. The van der Waals surface area contributed by atoms with E-state index in [4.69, 9.17) is 0 Å². The van der Waals surface area contributed by atoms with E-state index >= 15 is 0 Å². The average Bonchev–Trinajstić information content (AvgIpc) is 2.93. The third kappa shape index (κ3) is 2.65. The fraction of sp³-hybridized carbons (Fsp3) is 0.375. The van der Waals surface area contributed by atoms with Gasteiger partial charge in [-0.3, -0.25) is 0 Å². The number of fused-ring (bicyclic) bond motifs is 1. The monoisotopic (exact) mass is 350 g/mol. The van der Waals surface area contributed by atoms with Crippen LogP contribution < -0.4 is 10.2 Å². The van der Waals surface area contributed by atoms with Crippen LogP contribution in [0.2, 0.25) is 0 Å². The minimum absolute atomic E-state index is 0.380. The van der Waals surface area contributed by atoms with Crippen molar-refractivity contribution in [2.45, 2.75) is 25.9 Å². The smallest absolute Gasteiger partial charge is 0.0514 e. The molecule has 2 nitrogen and oxygen atoms in total. The molecule has 0 saturated heterocycles. The van der Waals surface area contributed by atoms with Gasteiger partial charge in [-0.1, -0.05) is 6.07 Å². The highest BCUT2D eigenvalue weighted by atomic mass is 79.9. The van der Waals surface area contributed by atoms with Crippen molar-refractivity contribution in [1.29, 1.82) is 0 Å². The van der Waals surface area contributed by atoms with Gasteiger partial charge in [-0.2, -0.15) is 0 Å². The standard InChI is InChI=1S/C16H19BrN2S/c1-11(18-2)12-3-4-15(14(17)9-12)19-7-5-16-13(10-19)6-8-20-16/h3-4,6,8-9,11,18H,5,7,10H2,1-2H3. The van der Waals surface area contributed by atoms with E-state index in [2.05, 4.69) is 62.7 Å². The van der Waals surface area contributed by atoms with Crippen LogP contribution in [0.1, 0.15) is 29.0 Å². The van der Waals surface area contributed by atoms with Crippen molar-refractivity contribution in [2.75, 3.05) is 18.5 Å². The Labute approximate surface area is 132 Å². The van der Waals surface area contributed by atoms with Crippen LogP contribution in [0.4, 0.5) is 5.69 Å². The van der Waals surface area contributed by atoms with Gasteiger partial charge < -0.3 is 10.2 Å². The first-order valence-electron chi connectivity index (χ1n) is 6.96. The molecular weight excluding hydrogens is 332 g/mol. The molecule has 0 amide bonds. The van der Waals surface area contributed by atoms with Gasteiger partial charge in [0.25, 0.3) is 0 Å². The summed E-state index contributed by atoms with van der Waals surface area (Å²) in [5, 5.41) is 5.49. The van der Waals surface area contributed by atoms with Gasteiger partial charge in [0.2, 0.25) is 0 Å². The Morgan fingerprint density at radius 1 is 1.35 bits per heavy atom. The lowest BCUT2D eigenvalue weighted by molar-refractivity contribution is 0.651. The molecule has 0 radical (unpaired) electrons. The van der Waals surface area contributed by atoms with Gasteiger partial charge in [0.15, 0.2) is 0 Å². The van der Waals surface area contributed by atoms with E-state index < -0.39 is 0 Å². The average molecular weight is 351 g/mol. The molecule has 20 heavy (non-hydrogen) atoms. The zero-order valence-corrected chi connectivity index (χ0v) is 14.2. The molecule has 1 aromatic carbocycles. The maximum atomic E-state index is 3.74. The van der Waals surface area contributed by atoms with Gasteiger partial charge >= 0.3 is 0 Å². The molecule has 2 aromatic rings. The van der Waals surface area contributed by atoms with Crippen molar-refractivity contribution < 1.29 is 0 Å². The van der Waals surface area contributed by atoms with Crippen molar-refractivity contribution in [3.05, 3.63) is 50.1 Å². The molecule has 0 fully saturated rings. The summed E-state index contributed by atoms with van der Waals surface area (Å²) in [4.78, 5) is 4.02. The molecular formula is C16H19BrN2S. The van der Waals surface area contributed by atoms with Gasteiger partial charge in [0.05, 0.1) is 5.69 Å². The number of thiophene rings is 1. The fourth-order valence-electron chi connectivity index (χ4n) is 2.67. The Hall–Kier alpha value is -0.840. The Morgan fingerprint density at radius 2 is 2.20 bits per heavy atom. The number of rotatable bonds is 3. The number of halogens is 1. The Morgan fingerprint density at radius 3 is 2.95 bits per heavy atom. The predicted octanol–water partition coefficient (Wildman–Crippen LogP) is 4.35. The lowest BCUT2D eigenvalue weighted by Gasteiger charge is -2.30. The fourth-order valence-corrected chi connectivity index (χ4v) is 4.21. The van der Waals surface area contributed by atoms with Gasteiger partial charge in [0, 0.05) is 28.5 Å². The molecule has 1 aromatic heterocycles. The molecule has 0 saturated carbocycles.